The van der Waals surface area contributed by atoms with Crippen LogP contribution >= 0.6 is 22.6 Å². The molecule has 15 heavy (non-hydrogen) atoms. The van der Waals surface area contributed by atoms with E-state index in [1.807, 2.05) is 0 Å². The van der Waals surface area contributed by atoms with Crippen LogP contribution in [0.3, 0.4) is 0 Å². The van der Waals surface area contributed by atoms with Crippen molar-refractivity contribution in [2.45, 2.75) is 38.5 Å². The van der Waals surface area contributed by atoms with Crippen LogP contribution in [0.15, 0.2) is 30.3 Å². The molecule has 0 unspecified atom stereocenters. The molecule has 0 spiro atoms. The lowest BCUT2D eigenvalue weighted by Crippen LogP contribution is -1.93. The van der Waals surface area contributed by atoms with Crippen molar-refractivity contribution < 1.29 is 0 Å². The minimum absolute atomic E-state index is 1.24. The summed E-state index contributed by atoms with van der Waals surface area (Å²) >= 11 is 2.48. The average molecular weight is 312 g/mol. The molecule has 1 aromatic rings. The molecule has 0 amide bonds. The molecule has 0 saturated heterocycles. The first-order valence-corrected chi connectivity index (χ1v) is 6.90. The van der Waals surface area contributed by atoms with E-state index in [1.54, 1.807) is 0 Å². The van der Waals surface area contributed by atoms with E-state index in [0.29, 0.717) is 0 Å². The van der Waals surface area contributed by atoms with E-state index in [2.05, 4.69) is 52.9 Å². The summed E-state index contributed by atoms with van der Waals surface area (Å²) in [5.41, 5.74) is 2.99. The van der Waals surface area contributed by atoms with E-state index in [-0.39, 0.29) is 0 Å². The van der Waals surface area contributed by atoms with E-state index in [1.165, 1.54) is 53.2 Å². The van der Waals surface area contributed by atoms with Gasteiger partial charge in [0, 0.05) is 3.58 Å². The zero-order valence-corrected chi connectivity index (χ0v) is 11.2. The second-order valence-electron chi connectivity index (χ2n) is 4.16. The molecular weight excluding hydrogens is 295 g/mol. The van der Waals surface area contributed by atoms with Crippen molar-refractivity contribution in [3.05, 3.63) is 41.5 Å². The lowest BCUT2D eigenvalue weighted by Gasteiger charge is -2.11. The van der Waals surface area contributed by atoms with Gasteiger partial charge in [0.2, 0.25) is 0 Å². The monoisotopic (exact) mass is 312 g/mol. The van der Waals surface area contributed by atoms with Gasteiger partial charge in [-0.2, -0.15) is 0 Å². The van der Waals surface area contributed by atoms with Gasteiger partial charge in [-0.05, 0) is 59.4 Å². The van der Waals surface area contributed by atoms with Crippen LogP contribution in [0.2, 0.25) is 0 Å². The van der Waals surface area contributed by atoms with Crippen LogP contribution in [0.25, 0.3) is 3.58 Å². The first kappa shape index (κ1) is 11.2. The number of aryl methyl sites for hydroxylation is 1. The van der Waals surface area contributed by atoms with Crippen molar-refractivity contribution >= 4 is 26.2 Å². The van der Waals surface area contributed by atoms with E-state index >= 15 is 0 Å². The van der Waals surface area contributed by atoms with E-state index in [9.17, 15) is 0 Å². The molecule has 1 aromatic carbocycles. The van der Waals surface area contributed by atoms with Gasteiger partial charge < -0.3 is 0 Å². The van der Waals surface area contributed by atoms with Crippen LogP contribution in [0.1, 0.15) is 43.2 Å². The fourth-order valence-corrected chi connectivity index (χ4v) is 2.96. The molecule has 2 rings (SSSR count). The summed E-state index contributed by atoms with van der Waals surface area (Å²) in [6, 6.07) is 8.85. The largest absolute Gasteiger partial charge is 0.0705 e. The molecule has 0 fully saturated rings. The van der Waals surface area contributed by atoms with Crippen LogP contribution < -0.4 is 0 Å². The predicted octanol–water partition coefficient (Wildman–Crippen LogP) is 4.97. The van der Waals surface area contributed by atoms with Gasteiger partial charge in [0.15, 0.2) is 0 Å². The third-order valence-corrected chi connectivity index (χ3v) is 4.02. The minimum Gasteiger partial charge on any atom is -0.0705 e. The summed E-state index contributed by atoms with van der Waals surface area (Å²) in [6.07, 6.45) is 10.4. The second-order valence-corrected chi connectivity index (χ2v) is 5.32. The van der Waals surface area contributed by atoms with Crippen LogP contribution in [0.5, 0.6) is 0 Å². The summed E-state index contributed by atoms with van der Waals surface area (Å²) in [4.78, 5) is 0. The van der Waals surface area contributed by atoms with Crippen LogP contribution in [0.4, 0.5) is 0 Å². The van der Waals surface area contributed by atoms with Crippen molar-refractivity contribution in [1.29, 1.82) is 0 Å². The fourth-order valence-electron chi connectivity index (χ4n) is 2.12. The molecule has 0 bridgehead atoms. The Morgan fingerprint density at radius 2 is 1.73 bits per heavy atom. The van der Waals surface area contributed by atoms with E-state index in [0.717, 1.165) is 0 Å². The highest BCUT2D eigenvalue weighted by atomic mass is 127. The zero-order valence-electron chi connectivity index (χ0n) is 9.01. The molecule has 80 valence electrons. The maximum Gasteiger partial charge on any atom is 0.0165 e. The topological polar surface area (TPSA) is 0 Å². The predicted molar refractivity (Wildman–Crippen MR) is 75.2 cm³/mol. The van der Waals surface area contributed by atoms with Gasteiger partial charge in [0.1, 0.15) is 0 Å². The van der Waals surface area contributed by atoms with Gasteiger partial charge >= 0.3 is 0 Å². The Balaban J connectivity index is 2.31. The van der Waals surface area contributed by atoms with Crippen molar-refractivity contribution in [3.63, 3.8) is 0 Å². The Bertz CT molecular complexity index is 352. The number of hydrogen-bond acceptors (Lipinski definition) is 0. The Kier molecular flexibility index (Phi) is 4.24. The number of hydrogen-bond donors (Lipinski definition) is 0. The first-order chi connectivity index (χ1) is 7.38. The highest BCUT2D eigenvalue weighted by molar-refractivity contribution is 14.1. The Morgan fingerprint density at radius 1 is 0.933 bits per heavy atom. The lowest BCUT2D eigenvalue weighted by atomic mass is 9.98. The van der Waals surface area contributed by atoms with Crippen molar-refractivity contribution in [3.8, 4) is 0 Å². The molecular formula is C14H17I. The van der Waals surface area contributed by atoms with Gasteiger partial charge in [-0.3, -0.25) is 0 Å². The van der Waals surface area contributed by atoms with Crippen LogP contribution in [-0.4, -0.2) is 0 Å². The quantitative estimate of drug-likeness (QED) is 0.593. The zero-order chi connectivity index (χ0) is 10.5. The molecule has 0 aliphatic heterocycles. The number of benzene rings is 1. The Labute approximate surface area is 106 Å². The summed E-state index contributed by atoms with van der Waals surface area (Å²) in [6.45, 7) is 0. The molecule has 0 N–H and O–H groups in total. The number of rotatable bonds is 0. The fraction of sp³-hybridized carbons (Fsp3) is 0.429. The Hall–Kier alpha value is -0.310. The number of halogens is 1. The average Bonchev–Trinajstić information content (AvgIpc) is 2.28. The standard InChI is InChI=1S/C14H17I/c15-14-11-5-3-1-2-4-8-12-9-6-7-10-13(12)14/h6-7,9-11H,1-5,8H2/b14-11+. The maximum absolute atomic E-state index is 2.48. The summed E-state index contributed by atoms with van der Waals surface area (Å²) < 4.78 is 1.44. The summed E-state index contributed by atoms with van der Waals surface area (Å²) in [5, 5.41) is 0. The molecule has 0 radical (unpaired) electrons. The van der Waals surface area contributed by atoms with Crippen LogP contribution in [-0.2, 0) is 6.42 Å². The van der Waals surface area contributed by atoms with Crippen LogP contribution in [0, 0.1) is 0 Å². The van der Waals surface area contributed by atoms with Crippen molar-refractivity contribution in [2.24, 2.45) is 0 Å². The third-order valence-electron chi connectivity index (χ3n) is 3.00. The first-order valence-electron chi connectivity index (χ1n) is 5.82. The van der Waals surface area contributed by atoms with Gasteiger partial charge in [-0.1, -0.05) is 43.2 Å². The second kappa shape index (κ2) is 5.69. The van der Waals surface area contributed by atoms with Gasteiger partial charge in [-0.25, -0.2) is 0 Å². The molecule has 1 heteroatoms. The lowest BCUT2D eigenvalue weighted by molar-refractivity contribution is 0.644. The maximum atomic E-state index is 2.48. The molecule has 0 aromatic heterocycles. The number of allylic oxidation sites excluding steroid dienone is 1. The van der Waals surface area contributed by atoms with Crippen molar-refractivity contribution in [1.82, 2.24) is 0 Å². The number of fused-ring (bicyclic) bond motifs is 1. The molecule has 0 nitrogen and oxygen atoms in total. The van der Waals surface area contributed by atoms with Gasteiger partial charge in [0.25, 0.3) is 0 Å². The van der Waals surface area contributed by atoms with E-state index in [4.69, 9.17) is 0 Å². The molecule has 0 atom stereocenters. The highest BCUT2D eigenvalue weighted by Gasteiger charge is 2.05. The summed E-state index contributed by atoms with van der Waals surface area (Å²) in [7, 11) is 0. The van der Waals surface area contributed by atoms with E-state index < -0.39 is 0 Å². The molecule has 1 aliphatic carbocycles. The van der Waals surface area contributed by atoms with Crippen molar-refractivity contribution in [2.75, 3.05) is 0 Å². The molecule has 0 saturated carbocycles. The molecule has 1 aliphatic rings. The Morgan fingerprint density at radius 3 is 2.67 bits per heavy atom. The SMILES string of the molecule is I/C1=C/CCCCCCc2ccccc21. The minimum atomic E-state index is 1.24. The van der Waals surface area contributed by atoms with Gasteiger partial charge in [-0.15, -0.1) is 0 Å². The normalized spacial score (nSPS) is 21.3. The smallest absolute Gasteiger partial charge is 0.0165 e. The third kappa shape index (κ3) is 3.07. The summed E-state index contributed by atoms with van der Waals surface area (Å²) in [5.74, 6) is 0. The molecule has 0 heterocycles. The highest BCUT2D eigenvalue weighted by Crippen LogP contribution is 2.28. The van der Waals surface area contributed by atoms with Gasteiger partial charge in [0.05, 0.1) is 0 Å².